The molecule has 0 saturated carbocycles. The second-order valence-electron chi connectivity index (χ2n) is 6.43. The summed E-state index contributed by atoms with van der Waals surface area (Å²) in [4.78, 5) is 13.8. The van der Waals surface area contributed by atoms with Crippen molar-refractivity contribution in [3.05, 3.63) is 17.5 Å². The molecule has 2 aliphatic heterocycles. The van der Waals surface area contributed by atoms with Crippen LogP contribution in [0.15, 0.2) is 6.20 Å². The molecule has 0 aromatic carbocycles. The van der Waals surface area contributed by atoms with Crippen LogP contribution in [0.25, 0.3) is 0 Å². The van der Waals surface area contributed by atoms with Crippen molar-refractivity contribution in [3.8, 4) is 0 Å². The van der Waals surface area contributed by atoms with Crippen LogP contribution in [0.4, 0.5) is 5.95 Å². The third-order valence-corrected chi connectivity index (χ3v) is 4.06. The number of fused-ring (bicyclic) bond motifs is 1. The molecule has 1 aromatic rings. The Morgan fingerprint density at radius 2 is 2.00 bits per heavy atom. The standard InChI is InChI=1S/C14H22N4O/c1-14(2,3)18-6-10-5-15-13(16-12(10)9-18)17-7-11(8-17)19-4/h5,11H,6-9H2,1-4H3. The molecule has 2 aliphatic rings. The molecule has 5 nitrogen and oxygen atoms in total. The Balaban J connectivity index is 1.73. The molecular weight excluding hydrogens is 240 g/mol. The van der Waals surface area contributed by atoms with Crippen molar-refractivity contribution >= 4 is 5.95 Å². The average molecular weight is 262 g/mol. The normalized spacial score (nSPS) is 20.5. The number of anilines is 1. The average Bonchev–Trinajstić information content (AvgIpc) is 2.70. The summed E-state index contributed by atoms with van der Waals surface area (Å²) in [5.41, 5.74) is 2.63. The zero-order valence-corrected chi connectivity index (χ0v) is 12.2. The van der Waals surface area contributed by atoms with E-state index in [1.807, 2.05) is 6.20 Å². The number of nitrogens with zero attached hydrogens (tertiary/aromatic N) is 4. The second kappa shape index (κ2) is 4.42. The highest BCUT2D eigenvalue weighted by Crippen LogP contribution is 2.29. The molecule has 5 heteroatoms. The topological polar surface area (TPSA) is 41.5 Å². The summed E-state index contributed by atoms with van der Waals surface area (Å²) in [6.45, 7) is 10.4. The van der Waals surface area contributed by atoms with Crippen LogP contribution in [0, 0.1) is 0 Å². The van der Waals surface area contributed by atoms with Crippen LogP contribution >= 0.6 is 0 Å². The van der Waals surface area contributed by atoms with Gasteiger partial charge < -0.3 is 9.64 Å². The Labute approximate surface area is 114 Å². The van der Waals surface area contributed by atoms with Gasteiger partial charge in [-0.15, -0.1) is 0 Å². The van der Waals surface area contributed by atoms with E-state index in [1.54, 1.807) is 7.11 Å². The molecule has 104 valence electrons. The molecule has 0 radical (unpaired) electrons. The first-order valence-corrected chi connectivity index (χ1v) is 6.85. The molecule has 0 atom stereocenters. The molecule has 0 spiro atoms. The molecular formula is C14H22N4O. The van der Waals surface area contributed by atoms with Gasteiger partial charge in [-0.2, -0.15) is 0 Å². The number of hydrogen-bond donors (Lipinski definition) is 0. The fourth-order valence-electron chi connectivity index (χ4n) is 2.52. The van der Waals surface area contributed by atoms with Gasteiger partial charge in [0.1, 0.15) is 0 Å². The number of rotatable bonds is 2. The maximum Gasteiger partial charge on any atom is 0.225 e. The van der Waals surface area contributed by atoms with Crippen LogP contribution in [-0.4, -0.2) is 46.7 Å². The van der Waals surface area contributed by atoms with Crippen molar-refractivity contribution in [2.24, 2.45) is 0 Å². The van der Waals surface area contributed by atoms with Crippen LogP contribution in [0.1, 0.15) is 32.0 Å². The third-order valence-electron chi connectivity index (χ3n) is 4.06. The zero-order valence-electron chi connectivity index (χ0n) is 12.2. The van der Waals surface area contributed by atoms with Crippen LogP contribution in [0.5, 0.6) is 0 Å². The van der Waals surface area contributed by atoms with Gasteiger partial charge in [-0.25, -0.2) is 9.97 Å². The van der Waals surface area contributed by atoms with E-state index < -0.39 is 0 Å². The first-order valence-electron chi connectivity index (χ1n) is 6.85. The lowest BCUT2D eigenvalue weighted by Gasteiger charge is -2.38. The van der Waals surface area contributed by atoms with E-state index in [0.717, 1.165) is 32.1 Å². The Hall–Kier alpha value is -1.20. The summed E-state index contributed by atoms with van der Waals surface area (Å²) in [5, 5.41) is 0. The molecule has 1 fully saturated rings. The largest absolute Gasteiger partial charge is 0.378 e. The fourth-order valence-corrected chi connectivity index (χ4v) is 2.52. The van der Waals surface area contributed by atoms with Crippen molar-refractivity contribution < 1.29 is 4.74 Å². The van der Waals surface area contributed by atoms with E-state index in [1.165, 1.54) is 11.3 Å². The predicted molar refractivity (Wildman–Crippen MR) is 74.0 cm³/mol. The smallest absolute Gasteiger partial charge is 0.225 e. The molecule has 3 heterocycles. The van der Waals surface area contributed by atoms with Crippen LogP contribution in [0.2, 0.25) is 0 Å². The molecule has 19 heavy (non-hydrogen) atoms. The fraction of sp³-hybridized carbons (Fsp3) is 0.714. The Bertz CT molecular complexity index is 477. The molecule has 0 bridgehead atoms. The Morgan fingerprint density at radius 3 is 2.63 bits per heavy atom. The first kappa shape index (κ1) is 12.8. The number of methoxy groups -OCH3 is 1. The number of hydrogen-bond acceptors (Lipinski definition) is 5. The molecule has 1 aromatic heterocycles. The summed E-state index contributed by atoms with van der Waals surface area (Å²) in [6, 6.07) is 0. The SMILES string of the molecule is COC1CN(c2ncc3c(n2)CN(C(C)(C)C)C3)C1. The van der Waals surface area contributed by atoms with Gasteiger partial charge in [0.2, 0.25) is 5.95 Å². The van der Waals surface area contributed by atoms with E-state index in [0.29, 0.717) is 6.10 Å². The van der Waals surface area contributed by atoms with Gasteiger partial charge in [0.25, 0.3) is 0 Å². The lowest BCUT2D eigenvalue weighted by Crippen LogP contribution is -2.52. The minimum atomic E-state index is 0.179. The molecule has 0 N–H and O–H groups in total. The summed E-state index contributed by atoms with van der Waals surface area (Å²) in [7, 11) is 1.76. The molecule has 1 saturated heterocycles. The van der Waals surface area contributed by atoms with Crippen LogP contribution < -0.4 is 4.90 Å². The monoisotopic (exact) mass is 262 g/mol. The van der Waals surface area contributed by atoms with Crippen molar-refractivity contribution in [2.75, 3.05) is 25.1 Å². The highest BCUT2D eigenvalue weighted by atomic mass is 16.5. The second-order valence-corrected chi connectivity index (χ2v) is 6.43. The van der Waals surface area contributed by atoms with E-state index >= 15 is 0 Å². The van der Waals surface area contributed by atoms with Crippen molar-refractivity contribution in [1.29, 1.82) is 0 Å². The van der Waals surface area contributed by atoms with Gasteiger partial charge in [0.05, 0.1) is 11.8 Å². The van der Waals surface area contributed by atoms with Crippen molar-refractivity contribution in [3.63, 3.8) is 0 Å². The minimum absolute atomic E-state index is 0.179. The Kier molecular flexibility index (Phi) is 2.98. The maximum absolute atomic E-state index is 5.29. The number of ether oxygens (including phenoxy) is 1. The van der Waals surface area contributed by atoms with Gasteiger partial charge in [-0.05, 0) is 20.8 Å². The summed E-state index contributed by atoms with van der Waals surface area (Å²) >= 11 is 0. The minimum Gasteiger partial charge on any atom is -0.378 e. The first-order chi connectivity index (χ1) is 8.97. The van der Waals surface area contributed by atoms with Gasteiger partial charge in [-0.1, -0.05) is 0 Å². The zero-order chi connectivity index (χ0) is 13.6. The third kappa shape index (κ3) is 2.32. The molecule has 0 aliphatic carbocycles. The maximum atomic E-state index is 5.29. The van der Waals surface area contributed by atoms with E-state index in [2.05, 4.69) is 35.6 Å². The van der Waals surface area contributed by atoms with E-state index in [-0.39, 0.29) is 5.54 Å². The van der Waals surface area contributed by atoms with Gasteiger partial charge in [0, 0.05) is 50.6 Å². The predicted octanol–water partition coefficient (Wildman–Crippen LogP) is 1.43. The molecule has 0 amide bonds. The van der Waals surface area contributed by atoms with Crippen molar-refractivity contribution in [2.45, 2.75) is 45.5 Å². The Morgan fingerprint density at radius 1 is 1.26 bits per heavy atom. The summed E-state index contributed by atoms with van der Waals surface area (Å²) in [5.74, 6) is 0.850. The highest BCUT2D eigenvalue weighted by molar-refractivity contribution is 5.38. The highest BCUT2D eigenvalue weighted by Gasteiger charge is 2.32. The number of aromatic nitrogens is 2. The van der Waals surface area contributed by atoms with Gasteiger partial charge in [-0.3, -0.25) is 4.90 Å². The summed E-state index contributed by atoms with van der Waals surface area (Å²) in [6.07, 6.45) is 2.33. The van der Waals surface area contributed by atoms with Crippen molar-refractivity contribution in [1.82, 2.24) is 14.9 Å². The van der Waals surface area contributed by atoms with E-state index in [9.17, 15) is 0 Å². The van der Waals surface area contributed by atoms with Gasteiger partial charge in [0.15, 0.2) is 0 Å². The molecule has 0 unspecified atom stereocenters. The summed E-state index contributed by atoms with van der Waals surface area (Å²) < 4.78 is 5.29. The van der Waals surface area contributed by atoms with E-state index in [4.69, 9.17) is 9.72 Å². The lowest BCUT2D eigenvalue weighted by molar-refractivity contribution is 0.0778. The quantitative estimate of drug-likeness (QED) is 0.806. The van der Waals surface area contributed by atoms with Gasteiger partial charge >= 0.3 is 0 Å². The van der Waals surface area contributed by atoms with Crippen LogP contribution in [-0.2, 0) is 17.8 Å². The van der Waals surface area contributed by atoms with Crippen LogP contribution in [0.3, 0.4) is 0 Å². The molecule has 3 rings (SSSR count). The lowest BCUT2D eigenvalue weighted by atomic mass is 10.1.